The normalized spacial score (nSPS) is 12.7. The minimum absolute atomic E-state index is 0.0792. The van der Waals surface area contributed by atoms with Gasteiger partial charge < -0.3 is 19.2 Å². The third kappa shape index (κ3) is 3.97. The molecule has 0 atom stereocenters. The first-order valence-corrected chi connectivity index (χ1v) is 10.5. The average Bonchev–Trinajstić information content (AvgIpc) is 3.22. The van der Waals surface area contributed by atoms with E-state index in [1.807, 2.05) is 66.7 Å². The number of carbonyl (C=O) groups excluding carboxylic acids is 1. The molecule has 0 saturated carbocycles. The second-order valence-corrected chi connectivity index (χ2v) is 7.76. The number of carbonyl (C=O) groups is 1. The van der Waals surface area contributed by atoms with Crippen LogP contribution in [-0.2, 0) is 4.79 Å². The van der Waals surface area contributed by atoms with Crippen molar-refractivity contribution in [2.45, 2.75) is 4.90 Å². The van der Waals surface area contributed by atoms with Crippen LogP contribution >= 0.6 is 11.8 Å². The molecule has 4 aromatic rings. The van der Waals surface area contributed by atoms with E-state index < -0.39 is 0 Å². The number of benzene rings is 3. The van der Waals surface area contributed by atoms with Crippen molar-refractivity contribution in [2.24, 2.45) is 0 Å². The molecule has 2 heterocycles. The fourth-order valence-electron chi connectivity index (χ4n) is 3.15. The molecule has 1 amide bonds. The van der Waals surface area contributed by atoms with Gasteiger partial charge in [-0.25, -0.2) is 4.98 Å². The Kier molecular flexibility index (Phi) is 5.03. The molecule has 0 bridgehead atoms. The summed E-state index contributed by atoms with van der Waals surface area (Å²) in [6.45, 7) is 1.11. The van der Waals surface area contributed by atoms with Crippen LogP contribution < -0.4 is 14.8 Å². The molecule has 150 valence electrons. The van der Waals surface area contributed by atoms with E-state index in [0.29, 0.717) is 24.9 Å². The minimum atomic E-state index is -0.0792. The first-order chi connectivity index (χ1) is 14.7. The summed E-state index contributed by atoms with van der Waals surface area (Å²) in [5, 5.41) is 2.91. The van der Waals surface area contributed by atoms with E-state index in [9.17, 15) is 4.79 Å². The number of nitrogens with one attached hydrogen (secondary N) is 1. The van der Waals surface area contributed by atoms with E-state index in [2.05, 4.69) is 10.3 Å². The van der Waals surface area contributed by atoms with Gasteiger partial charge >= 0.3 is 0 Å². The van der Waals surface area contributed by atoms with Crippen molar-refractivity contribution in [1.82, 2.24) is 4.98 Å². The minimum Gasteiger partial charge on any atom is -0.486 e. The number of para-hydroxylation sites is 2. The second-order valence-electron chi connectivity index (χ2n) is 6.71. The molecule has 0 saturated heterocycles. The third-order valence-electron chi connectivity index (χ3n) is 4.59. The van der Waals surface area contributed by atoms with E-state index in [1.165, 1.54) is 11.8 Å². The maximum Gasteiger partial charge on any atom is 0.234 e. The zero-order valence-electron chi connectivity index (χ0n) is 16.0. The highest BCUT2D eigenvalue weighted by Gasteiger charge is 2.13. The van der Waals surface area contributed by atoms with Gasteiger partial charge in [0.1, 0.15) is 18.7 Å². The Bertz CT molecular complexity index is 1170. The second kappa shape index (κ2) is 8.12. The summed E-state index contributed by atoms with van der Waals surface area (Å²) in [6, 6.07) is 20.8. The van der Waals surface area contributed by atoms with Crippen molar-refractivity contribution >= 4 is 34.5 Å². The fraction of sp³-hybridized carbons (Fsp3) is 0.130. The van der Waals surface area contributed by atoms with Gasteiger partial charge in [0.25, 0.3) is 0 Å². The summed E-state index contributed by atoms with van der Waals surface area (Å²) in [5.41, 5.74) is 3.15. The molecule has 1 N–H and O–H groups in total. The van der Waals surface area contributed by atoms with Crippen molar-refractivity contribution in [3.8, 4) is 23.0 Å². The number of aromatic nitrogens is 1. The molecule has 0 spiro atoms. The maximum atomic E-state index is 12.3. The molecule has 7 heteroatoms. The number of fused-ring (bicyclic) bond motifs is 2. The number of thioether (sulfide) groups is 1. The quantitative estimate of drug-likeness (QED) is 0.460. The topological polar surface area (TPSA) is 73.6 Å². The molecule has 0 fully saturated rings. The number of hydrogen-bond donors (Lipinski definition) is 1. The molecule has 1 aromatic heterocycles. The van der Waals surface area contributed by atoms with E-state index in [1.54, 1.807) is 0 Å². The number of oxazole rings is 1. The van der Waals surface area contributed by atoms with Crippen molar-refractivity contribution < 1.29 is 18.7 Å². The van der Waals surface area contributed by atoms with Crippen molar-refractivity contribution in [1.29, 1.82) is 0 Å². The Morgan fingerprint density at radius 1 is 0.967 bits per heavy atom. The summed E-state index contributed by atoms with van der Waals surface area (Å²) in [5.74, 6) is 2.25. The van der Waals surface area contributed by atoms with Gasteiger partial charge in [-0.3, -0.25) is 4.79 Å². The molecule has 0 aliphatic carbocycles. The summed E-state index contributed by atoms with van der Waals surface area (Å²) in [6.07, 6.45) is 0. The molecule has 1 aliphatic rings. The van der Waals surface area contributed by atoms with Crippen LogP contribution in [0.1, 0.15) is 0 Å². The molecule has 6 nitrogen and oxygen atoms in total. The SMILES string of the molecule is O=C(CSc1ccc2c(c1)OCCO2)Nc1ccc(-c2nc3ccccc3o2)cc1. The summed E-state index contributed by atoms with van der Waals surface area (Å²) >= 11 is 1.45. The van der Waals surface area contributed by atoms with Crippen LogP contribution in [0.15, 0.2) is 76.0 Å². The molecule has 30 heavy (non-hydrogen) atoms. The highest BCUT2D eigenvalue weighted by Crippen LogP contribution is 2.34. The van der Waals surface area contributed by atoms with Gasteiger partial charge in [0.15, 0.2) is 17.1 Å². The van der Waals surface area contributed by atoms with E-state index in [0.717, 1.165) is 38.7 Å². The lowest BCUT2D eigenvalue weighted by atomic mass is 10.2. The van der Waals surface area contributed by atoms with Crippen molar-refractivity contribution in [3.63, 3.8) is 0 Å². The Hall–Kier alpha value is -3.45. The summed E-state index contributed by atoms with van der Waals surface area (Å²) in [7, 11) is 0. The van der Waals surface area contributed by atoms with E-state index in [4.69, 9.17) is 13.9 Å². The van der Waals surface area contributed by atoms with E-state index >= 15 is 0 Å². The van der Waals surface area contributed by atoms with Gasteiger partial charge in [-0.15, -0.1) is 11.8 Å². The number of ether oxygens (including phenoxy) is 2. The molecule has 1 aliphatic heterocycles. The van der Waals surface area contributed by atoms with Crippen LogP contribution in [0.25, 0.3) is 22.6 Å². The summed E-state index contributed by atoms with van der Waals surface area (Å²) in [4.78, 5) is 17.8. The molecule has 5 rings (SSSR count). The van der Waals surface area contributed by atoms with Gasteiger partial charge in [-0.05, 0) is 54.6 Å². The predicted octanol–water partition coefficient (Wildman–Crippen LogP) is 5.00. The molecular formula is C23H18N2O4S. The van der Waals surface area contributed by atoms with Crippen molar-refractivity contribution in [3.05, 3.63) is 66.7 Å². The van der Waals surface area contributed by atoms with Gasteiger partial charge in [0.05, 0.1) is 5.75 Å². The number of hydrogen-bond acceptors (Lipinski definition) is 6. The predicted molar refractivity (Wildman–Crippen MR) is 116 cm³/mol. The average molecular weight is 418 g/mol. The van der Waals surface area contributed by atoms with Gasteiger partial charge in [-0.2, -0.15) is 0 Å². The molecule has 0 radical (unpaired) electrons. The Morgan fingerprint density at radius 2 is 1.77 bits per heavy atom. The molecule has 0 unspecified atom stereocenters. The van der Waals surface area contributed by atoms with Crippen LogP contribution in [0.4, 0.5) is 5.69 Å². The summed E-state index contributed by atoms with van der Waals surface area (Å²) < 4.78 is 16.9. The van der Waals surface area contributed by atoms with Crippen molar-refractivity contribution in [2.75, 3.05) is 24.3 Å². The smallest absolute Gasteiger partial charge is 0.234 e. The van der Waals surface area contributed by atoms with Crippen LogP contribution in [0.5, 0.6) is 11.5 Å². The number of rotatable bonds is 5. The first-order valence-electron chi connectivity index (χ1n) is 9.53. The van der Waals surface area contributed by atoms with Crippen LogP contribution in [0.3, 0.4) is 0 Å². The van der Waals surface area contributed by atoms with Gasteiger partial charge in [0.2, 0.25) is 11.8 Å². The third-order valence-corrected chi connectivity index (χ3v) is 5.59. The fourth-order valence-corrected chi connectivity index (χ4v) is 3.88. The lowest BCUT2D eigenvalue weighted by molar-refractivity contribution is -0.113. The van der Waals surface area contributed by atoms with Gasteiger partial charge in [-0.1, -0.05) is 12.1 Å². The Balaban J connectivity index is 1.20. The van der Waals surface area contributed by atoms with Crippen LogP contribution in [0.2, 0.25) is 0 Å². The van der Waals surface area contributed by atoms with Crippen LogP contribution in [0, 0.1) is 0 Å². The standard InChI is InChI=1S/C23H18N2O4S/c26-22(14-30-17-9-10-20-21(13-17)28-12-11-27-20)24-16-7-5-15(6-8-16)23-25-18-3-1-2-4-19(18)29-23/h1-10,13H,11-12,14H2,(H,24,26). The maximum absolute atomic E-state index is 12.3. The van der Waals surface area contributed by atoms with E-state index in [-0.39, 0.29) is 5.91 Å². The zero-order valence-corrected chi connectivity index (χ0v) is 16.8. The largest absolute Gasteiger partial charge is 0.486 e. The first kappa shape index (κ1) is 18.6. The number of anilines is 1. The van der Waals surface area contributed by atoms with Crippen LogP contribution in [-0.4, -0.2) is 29.9 Å². The number of nitrogens with zero attached hydrogens (tertiary/aromatic N) is 1. The Labute approximate surface area is 177 Å². The molecular weight excluding hydrogens is 400 g/mol. The highest BCUT2D eigenvalue weighted by molar-refractivity contribution is 8.00. The lowest BCUT2D eigenvalue weighted by Crippen LogP contribution is -2.15. The monoisotopic (exact) mass is 418 g/mol. The zero-order chi connectivity index (χ0) is 20.3. The molecule has 3 aromatic carbocycles. The number of amides is 1. The van der Waals surface area contributed by atoms with Gasteiger partial charge in [0, 0.05) is 16.1 Å². The lowest BCUT2D eigenvalue weighted by Gasteiger charge is -2.18. The highest BCUT2D eigenvalue weighted by atomic mass is 32.2. The Morgan fingerprint density at radius 3 is 2.60 bits per heavy atom.